The number of carboxylic acid groups (broad SMARTS) is 1. The van der Waals surface area contributed by atoms with Crippen LogP contribution in [0.25, 0.3) is 0 Å². The topological polar surface area (TPSA) is 46.5 Å². The van der Waals surface area contributed by atoms with Gasteiger partial charge in [0.15, 0.2) is 8.32 Å². The quantitative estimate of drug-likeness (QED) is 0.849. The van der Waals surface area contributed by atoms with Crippen LogP contribution >= 0.6 is 0 Å². The van der Waals surface area contributed by atoms with E-state index in [0.717, 1.165) is 0 Å². The van der Waals surface area contributed by atoms with E-state index >= 15 is 0 Å². The van der Waals surface area contributed by atoms with Crippen molar-refractivity contribution >= 4 is 14.3 Å². The molecule has 0 fully saturated rings. The zero-order valence-electron chi connectivity index (χ0n) is 12.1. The van der Waals surface area contributed by atoms with E-state index in [9.17, 15) is 9.18 Å². The molecule has 0 heterocycles. The average molecular weight is 284 g/mol. The van der Waals surface area contributed by atoms with Crippen LogP contribution in [0, 0.1) is 5.82 Å². The largest absolute Gasteiger partial charge is 0.478 e. The summed E-state index contributed by atoms with van der Waals surface area (Å²) >= 11 is 0. The standard InChI is InChI=1S/C14H21FO3Si/c1-14(2,3)19(4,5)18-9-10-7-6-8-11(12(10)15)13(16)17/h6-8H,9H2,1-5H3,(H,16,17). The van der Waals surface area contributed by atoms with Crippen LogP contribution in [0.15, 0.2) is 18.2 Å². The maximum Gasteiger partial charge on any atom is 0.338 e. The lowest BCUT2D eigenvalue weighted by atomic mass is 10.1. The Morgan fingerprint density at radius 2 is 1.95 bits per heavy atom. The summed E-state index contributed by atoms with van der Waals surface area (Å²) in [6.07, 6.45) is 0. The minimum absolute atomic E-state index is 0.0356. The highest BCUT2D eigenvalue weighted by Crippen LogP contribution is 2.37. The predicted octanol–water partition coefficient (Wildman–Crippen LogP) is 4.05. The minimum Gasteiger partial charge on any atom is -0.478 e. The van der Waals surface area contributed by atoms with Gasteiger partial charge in [0.2, 0.25) is 0 Å². The molecule has 0 unspecified atom stereocenters. The van der Waals surface area contributed by atoms with Crippen LogP contribution in [0.2, 0.25) is 18.1 Å². The van der Waals surface area contributed by atoms with E-state index in [2.05, 4.69) is 33.9 Å². The number of benzene rings is 1. The molecule has 3 nitrogen and oxygen atoms in total. The predicted molar refractivity (Wildman–Crippen MR) is 75.3 cm³/mol. The molecule has 0 aromatic heterocycles. The molecule has 1 aromatic rings. The average Bonchev–Trinajstić information content (AvgIpc) is 2.25. The van der Waals surface area contributed by atoms with Gasteiger partial charge in [-0.25, -0.2) is 9.18 Å². The third-order valence-corrected chi connectivity index (χ3v) is 8.18. The number of rotatable bonds is 4. The summed E-state index contributed by atoms with van der Waals surface area (Å²) in [6, 6.07) is 4.36. The summed E-state index contributed by atoms with van der Waals surface area (Å²) in [5.41, 5.74) is -0.0129. The van der Waals surface area contributed by atoms with Gasteiger partial charge in [-0.1, -0.05) is 32.9 Å². The zero-order valence-corrected chi connectivity index (χ0v) is 13.1. The highest BCUT2D eigenvalue weighted by molar-refractivity contribution is 6.74. The van der Waals surface area contributed by atoms with Crippen LogP contribution in [0.3, 0.4) is 0 Å². The van der Waals surface area contributed by atoms with E-state index in [1.807, 2.05) is 0 Å². The lowest BCUT2D eigenvalue weighted by Gasteiger charge is -2.36. The highest BCUT2D eigenvalue weighted by Gasteiger charge is 2.37. The smallest absolute Gasteiger partial charge is 0.338 e. The summed E-state index contributed by atoms with van der Waals surface area (Å²) in [7, 11) is -1.97. The van der Waals surface area contributed by atoms with Gasteiger partial charge in [-0.2, -0.15) is 0 Å². The van der Waals surface area contributed by atoms with Gasteiger partial charge in [0.1, 0.15) is 5.82 Å². The van der Waals surface area contributed by atoms with Gasteiger partial charge in [0.25, 0.3) is 0 Å². The lowest BCUT2D eigenvalue weighted by Crippen LogP contribution is -2.40. The Labute approximate surface area is 114 Å². The fourth-order valence-corrected chi connectivity index (χ4v) is 2.28. The molecule has 0 radical (unpaired) electrons. The minimum atomic E-state index is -1.97. The SMILES string of the molecule is CC(C)(C)[Si](C)(C)OCc1cccc(C(=O)O)c1F. The molecular formula is C14H21FO3Si. The van der Waals surface area contributed by atoms with Gasteiger partial charge in [0, 0.05) is 5.56 Å². The number of carboxylic acids is 1. The van der Waals surface area contributed by atoms with Gasteiger partial charge in [-0.05, 0) is 24.2 Å². The molecule has 1 rings (SSSR count). The monoisotopic (exact) mass is 284 g/mol. The van der Waals surface area contributed by atoms with Crippen molar-refractivity contribution in [3.63, 3.8) is 0 Å². The molecule has 0 aliphatic heterocycles. The Kier molecular flexibility index (Phi) is 4.53. The molecule has 19 heavy (non-hydrogen) atoms. The van der Waals surface area contributed by atoms with Crippen LogP contribution < -0.4 is 0 Å². The van der Waals surface area contributed by atoms with Crippen molar-refractivity contribution in [2.24, 2.45) is 0 Å². The van der Waals surface area contributed by atoms with E-state index in [1.54, 1.807) is 6.07 Å². The molecule has 0 aliphatic carbocycles. The number of halogens is 1. The summed E-state index contributed by atoms with van der Waals surface area (Å²) in [4.78, 5) is 10.9. The Morgan fingerprint density at radius 3 is 2.42 bits per heavy atom. The van der Waals surface area contributed by atoms with Crippen LogP contribution in [-0.4, -0.2) is 19.4 Å². The van der Waals surface area contributed by atoms with Gasteiger partial charge >= 0.3 is 5.97 Å². The van der Waals surface area contributed by atoms with Crippen molar-refractivity contribution in [1.82, 2.24) is 0 Å². The molecule has 5 heteroatoms. The summed E-state index contributed by atoms with van der Waals surface area (Å²) < 4.78 is 19.9. The van der Waals surface area contributed by atoms with Crippen molar-refractivity contribution in [3.05, 3.63) is 35.1 Å². The molecule has 0 amide bonds. The fourth-order valence-electron chi connectivity index (χ4n) is 1.33. The van der Waals surface area contributed by atoms with Crippen molar-refractivity contribution in [3.8, 4) is 0 Å². The van der Waals surface area contributed by atoms with E-state index < -0.39 is 20.1 Å². The molecular weight excluding hydrogens is 263 g/mol. The summed E-state index contributed by atoms with van der Waals surface area (Å²) in [5.74, 6) is -1.96. The molecule has 1 N–H and O–H groups in total. The Balaban J connectivity index is 2.91. The second-order valence-electron chi connectivity index (χ2n) is 6.13. The second kappa shape index (κ2) is 5.42. The Morgan fingerprint density at radius 1 is 1.37 bits per heavy atom. The third-order valence-electron chi connectivity index (χ3n) is 3.70. The molecule has 0 spiro atoms. The molecule has 0 saturated carbocycles. The first kappa shape index (κ1) is 15.9. The summed E-state index contributed by atoms with van der Waals surface area (Å²) in [5, 5.41) is 8.91. The molecule has 1 aromatic carbocycles. The molecule has 0 saturated heterocycles. The van der Waals surface area contributed by atoms with Crippen LogP contribution in [0.1, 0.15) is 36.7 Å². The first-order chi connectivity index (χ1) is 8.56. The first-order valence-corrected chi connectivity index (χ1v) is 9.12. The molecule has 106 valence electrons. The second-order valence-corrected chi connectivity index (χ2v) is 10.9. The van der Waals surface area contributed by atoms with Crippen LogP contribution in [0.4, 0.5) is 4.39 Å². The van der Waals surface area contributed by atoms with Gasteiger partial charge in [0.05, 0.1) is 12.2 Å². The fraction of sp³-hybridized carbons (Fsp3) is 0.500. The lowest BCUT2D eigenvalue weighted by molar-refractivity contribution is 0.0691. The van der Waals surface area contributed by atoms with Gasteiger partial charge < -0.3 is 9.53 Å². The maximum absolute atomic E-state index is 13.9. The Hall–Kier alpha value is -1.20. The van der Waals surface area contributed by atoms with Crippen LogP contribution in [0.5, 0.6) is 0 Å². The third kappa shape index (κ3) is 3.64. The summed E-state index contributed by atoms with van der Waals surface area (Å²) in [6.45, 7) is 10.6. The van der Waals surface area contributed by atoms with E-state index in [4.69, 9.17) is 9.53 Å². The molecule has 0 aliphatic rings. The van der Waals surface area contributed by atoms with Crippen molar-refractivity contribution < 1.29 is 18.7 Å². The number of hydrogen-bond acceptors (Lipinski definition) is 2. The molecule has 0 atom stereocenters. The van der Waals surface area contributed by atoms with Crippen molar-refractivity contribution in [2.75, 3.05) is 0 Å². The number of hydrogen-bond donors (Lipinski definition) is 1. The van der Waals surface area contributed by atoms with Crippen molar-refractivity contribution in [1.29, 1.82) is 0 Å². The number of carbonyl (C=O) groups is 1. The maximum atomic E-state index is 13.9. The zero-order chi connectivity index (χ0) is 14.8. The van der Waals surface area contributed by atoms with E-state index in [0.29, 0.717) is 5.56 Å². The van der Waals surface area contributed by atoms with E-state index in [-0.39, 0.29) is 17.2 Å². The van der Waals surface area contributed by atoms with Crippen LogP contribution in [-0.2, 0) is 11.0 Å². The van der Waals surface area contributed by atoms with Gasteiger partial charge in [-0.15, -0.1) is 0 Å². The normalized spacial score (nSPS) is 12.5. The van der Waals surface area contributed by atoms with Gasteiger partial charge in [-0.3, -0.25) is 0 Å². The molecule has 0 bridgehead atoms. The first-order valence-electron chi connectivity index (χ1n) is 6.21. The van der Waals surface area contributed by atoms with E-state index in [1.165, 1.54) is 12.1 Å². The highest BCUT2D eigenvalue weighted by atomic mass is 28.4. The Bertz CT molecular complexity index is 478. The van der Waals surface area contributed by atoms with Crippen molar-refractivity contribution in [2.45, 2.75) is 45.5 Å². The number of aromatic carboxylic acids is 1.